The lowest BCUT2D eigenvalue weighted by atomic mass is 9.79. The summed E-state index contributed by atoms with van der Waals surface area (Å²) in [5.41, 5.74) is 0. The van der Waals surface area contributed by atoms with Crippen molar-refractivity contribution in [3.05, 3.63) is 0 Å². The first kappa shape index (κ1) is 14.8. The van der Waals surface area contributed by atoms with Crippen LogP contribution in [-0.4, -0.2) is 36.5 Å². The van der Waals surface area contributed by atoms with Crippen LogP contribution in [0, 0.1) is 11.8 Å². The summed E-state index contributed by atoms with van der Waals surface area (Å²) in [6.07, 6.45) is 8.39. The SMILES string of the molecule is CC1CCCC(C)C1NCCC(=O)N1CCCCC1. The number of nitrogens with one attached hydrogen (secondary N) is 1. The maximum absolute atomic E-state index is 12.1. The Bertz CT molecular complexity index is 276. The third-order valence-corrected chi connectivity index (χ3v) is 4.97. The molecule has 1 amide bonds. The fourth-order valence-electron chi connectivity index (χ4n) is 3.73. The number of amides is 1. The van der Waals surface area contributed by atoms with E-state index in [-0.39, 0.29) is 0 Å². The van der Waals surface area contributed by atoms with Crippen molar-refractivity contribution in [1.82, 2.24) is 10.2 Å². The molecule has 3 heteroatoms. The van der Waals surface area contributed by atoms with Gasteiger partial charge in [0.05, 0.1) is 0 Å². The van der Waals surface area contributed by atoms with E-state index in [1.807, 2.05) is 0 Å². The maximum Gasteiger partial charge on any atom is 0.223 e. The highest BCUT2D eigenvalue weighted by Crippen LogP contribution is 2.28. The zero-order chi connectivity index (χ0) is 13.7. The first-order chi connectivity index (χ1) is 9.18. The van der Waals surface area contributed by atoms with Gasteiger partial charge in [-0.3, -0.25) is 4.79 Å². The summed E-state index contributed by atoms with van der Waals surface area (Å²) in [6.45, 7) is 7.51. The van der Waals surface area contributed by atoms with Gasteiger partial charge >= 0.3 is 0 Å². The Morgan fingerprint density at radius 3 is 2.32 bits per heavy atom. The zero-order valence-corrected chi connectivity index (χ0v) is 12.7. The van der Waals surface area contributed by atoms with E-state index in [9.17, 15) is 4.79 Å². The summed E-state index contributed by atoms with van der Waals surface area (Å²) in [5, 5.41) is 3.64. The average Bonchev–Trinajstić information content (AvgIpc) is 2.43. The van der Waals surface area contributed by atoms with E-state index in [1.165, 1.54) is 38.5 Å². The molecule has 1 heterocycles. The normalized spacial score (nSPS) is 32.3. The third-order valence-electron chi connectivity index (χ3n) is 4.97. The van der Waals surface area contributed by atoms with Crippen molar-refractivity contribution < 1.29 is 4.79 Å². The molecule has 110 valence electrons. The number of carbonyl (C=O) groups excluding carboxylic acids is 1. The molecule has 2 rings (SSSR count). The number of nitrogens with zero attached hydrogens (tertiary/aromatic N) is 1. The molecule has 3 nitrogen and oxygen atoms in total. The Kier molecular flexibility index (Phi) is 5.68. The molecule has 1 N–H and O–H groups in total. The minimum atomic E-state index is 0.350. The topological polar surface area (TPSA) is 32.3 Å². The molecule has 19 heavy (non-hydrogen) atoms. The van der Waals surface area contributed by atoms with Crippen LogP contribution < -0.4 is 5.32 Å². The second-order valence-electron chi connectivity index (χ2n) is 6.56. The summed E-state index contributed by atoms with van der Waals surface area (Å²) in [5.74, 6) is 1.87. The number of likely N-dealkylation sites (tertiary alicyclic amines) is 1. The van der Waals surface area contributed by atoms with Gasteiger partial charge in [0, 0.05) is 32.1 Å². The summed E-state index contributed by atoms with van der Waals surface area (Å²) >= 11 is 0. The predicted molar refractivity (Wildman–Crippen MR) is 79.0 cm³/mol. The van der Waals surface area contributed by atoms with Gasteiger partial charge in [-0.15, -0.1) is 0 Å². The van der Waals surface area contributed by atoms with Crippen LogP contribution in [0.5, 0.6) is 0 Å². The van der Waals surface area contributed by atoms with Crippen LogP contribution in [0.4, 0.5) is 0 Å². The second kappa shape index (κ2) is 7.28. The van der Waals surface area contributed by atoms with Gasteiger partial charge in [0.2, 0.25) is 5.91 Å². The van der Waals surface area contributed by atoms with E-state index in [0.717, 1.165) is 31.5 Å². The van der Waals surface area contributed by atoms with Gasteiger partial charge < -0.3 is 10.2 Å². The van der Waals surface area contributed by atoms with E-state index < -0.39 is 0 Å². The predicted octanol–water partition coefficient (Wildman–Crippen LogP) is 2.80. The van der Waals surface area contributed by atoms with Gasteiger partial charge in [-0.1, -0.05) is 20.3 Å². The molecule has 2 atom stereocenters. The number of carbonyl (C=O) groups is 1. The Hall–Kier alpha value is -0.570. The van der Waals surface area contributed by atoms with Crippen molar-refractivity contribution in [3.8, 4) is 0 Å². The van der Waals surface area contributed by atoms with Crippen LogP contribution in [0.3, 0.4) is 0 Å². The van der Waals surface area contributed by atoms with Crippen LogP contribution in [0.15, 0.2) is 0 Å². The largest absolute Gasteiger partial charge is 0.343 e. The molecular formula is C16H30N2O. The van der Waals surface area contributed by atoms with Gasteiger partial charge in [-0.25, -0.2) is 0 Å². The number of piperidine rings is 1. The lowest BCUT2D eigenvalue weighted by Gasteiger charge is -2.35. The summed E-state index contributed by atoms with van der Waals surface area (Å²) < 4.78 is 0. The molecule has 0 radical (unpaired) electrons. The maximum atomic E-state index is 12.1. The van der Waals surface area contributed by atoms with Gasteiger partial charge in [-0.2, -0.15) is 0 Å². The lowest BCUT2D eigenvalue weighted by molar-refractivity contribution is -0.132. The summed E-state index contributed by atoms with van der Waals surface area (Å²) in [7, 11) is 0. The Morgan fingerprint density at radius 2 is 1.68 bits per heavy atom. The molecule has 1 aliphatic heterocycles. The molecule has 0 spiro atoms. The van der Waals surface area contributed by atoms with Crippen molar-refractivity contribution >= 4 is 5.91 Å². The number of hydrogen-bond donors (Lipinski definition) is 1. The molecule has 0 bridgehead atoms. The van der Waals surface area contributed by atoms with E-state index in [4.69, 9.17) is 0 Å². The monoisotopic (exact) mass is 266 g/mol. The minimum absolute atomic E-state index is 0.350. The molecule has 0 aromatic carbocycles. The van der Waals surface area contributed by atoms with Crippen LogP contribution >= 0.6 is 0 Å². The zero-order valence-electron chi connectivity index (χ0n) is 12.7. The molecule has 1 saturated heterocycles. The molecule has 2 aliphatic rings. The molecule has 0 aromatic rings. The van der Waals surface area contributed by atoms with Crippen molar-refractivity contribution in [1.29, 1.82) is 0 Å². The third kappa shape index (κ3) is 4.20. The smallest absolute Gasteiger partial charge is 0.223 e. The van der Waals surface area contributed by atoms with E-state index in [2.05, 4.69) is 24.1 Å². The number of rotatable bonds is 4. The first-order valence-corrected chi connectivity index (χ1v) is 8.19. The van der Waals surface area contributed by atoms with Crippen molar-refractivity contribution in [2.75, 3.05) is 19.6 Å². The Labute approximate surface area is 118 Å². The van der Waals surface area contributed by atoms with E-state index in [0.29, 0.717) is 18.4 Å². The van der Waals surface area contributed by atoms with Crippen molar-refractivity contribution in [2.24, 2.45) is 11.8 Å². The first-order valence-electron chi connectivity index (χ1n) is 8.19. The fourth-order valence-corrected chi connectivity index (χ4v) is 3.73. The van der Waals surface area contributed by atoms with Crippen LogP contribution in [0.1, 0.15) is 58.8 Å². The highest BCUT2D eigenvalue weighted by atomic mass is 16.2. The minimum Gasteiger partial charge on any atom is -0.343 e. The summed E-state index contributed by atoms with van der Waals surface area (Å²) in [4.78, 5) is 14.1. The standard InChI is InChI=1S/C16H30N2O/c1-13-7-6-8-14(2)16(13)17-10-9-15(19)18-11-4-3-5-12-18/h13-14,16-17H,3-12H2,1-2H3. The summed E-state index contributed by atoms with van der Waals surface area (Å²) in [6, 6.07) is 0.614. The lowest BCUT2D eigenvalue weighted by Crippen LogP contribution is -2.44. The van der Waals surface area contributed by atoms with E-state index >= 15 is 0 Å². The van der Waals surface area contributed by atoms with Gasteiger partial charge in [0.15, 0.2) is 0 Å². The molecular weight excluding hydrogens is 236 g/mol. The second-order valence-corrected chi connectivity index (χ2v) is 6.56. The molecule has 1 saturated carbocycles. The quantitative estimate of drug-likeness (QED) is 0.848. The van der Waals surface area contributed by atoms with Crippen LogP contribution in [0.2, 0.25) is 0 Å². The van der Waals surface area contributed by atoms with Gasteiger partial charge in [0.1, 0.15) is 0 Å². The molecule has 0 aromatic heterocycles. The van der Waals surface area contributed by atoms with Gasteiger partial charge in [-0.05, 0) is 43.9 Å². The molecule has 2 fully saturated rings. The fraction of sp³-hybridized carbons (Fsp3) is 0.938. The van der Waals surface area contributed by atoms with Crippen LogP contribution in [-0.2, 0) is 4.79 Å². The van der Waals surface area contributed by atoms with Crippen LogP contribution in [0.25, 0.3) is 0 Å². The van der Waals surface area contributed by atoms with E-state index in [1.54, 1.807) is 0 Å². The highest BCUT2D eigenvalue weighted by Gasteiger charge is 2.27. The highest BCUT2D eigenvalue weighted by molar-refractivity contribution is 5.76. The Balaban J connectivity index is 1.68. The Morgan fingerprint density at radius 1 is 1.05 bits per heavy atom. The molecule has 2 unspecified atom stereocenters. The van der Waals surface area contributed by atoms with Gasteiger partial charge in [0.25, 0.3) is 0 Å². The van der Waals surface area contributed by atoms with Crippen molar-refractivity contribution in [2.45, 2.75) is 64.8 Å². The molecule has 1 aliphatic carbocycles. The average molecular weight is 266 g/mol. The van der Waals surface area contributed by atoms with Crippen molar-refractivity contribution in [3.63, 3.8) is 0 Å². The number of hydrogen-bond acceptors (Lipinski definition) is 2.